The molecule has 0 aromatic carbocycles. The Morgan fingerprint density at radius 3 is 2.33 bits per heavy atom. The van der Waals surface area contributed by atoms with Crippen LogP contribution in [-0.2, 0) is 10.2 Å². The van der Waals surface area contributed by atoms with Gasteiger partial charge in [-0.25, -0.2) is 8.78 Å². The van der Waals surface area contributed by atoms with E-state index >= 15 is 0 Å². The number of halogens is 3. The Balaban J connectivity index is 2.49. The third kappa shape index (κ3) is 3.00. The van der Waals surface area contributed by atoms with Crippen LogP contribution in [0.25, 0.3) is 0 Å². The molecular weight excluding hydrogens is 193 g/mol. The Kier molecular flexibility index (Phi) is 2.38. The molecule has 0 spiro atoms. The van der Waals surface area contributed by atoms with Crippen molar-refractivity contribution < 1.29 is 21.1 Å². The standard InChI is InChI=1S/C6H9F3O2S/c7-6(8)2-1-5(3-6)4-12(9,10)11/h5H,1-4H2. The fraction of sp³-hybridized carbons (Fsp3) is 1.00. The summed E-state index contributed by atoms with van der Waals surface area (Å²) < 4.78 is 57.1. The first-order chi connectivity index (χ1) is 5.29. The Bertz CT molecular complexity index is 260. The van der Waals surface area contributed by atoms with Gasteiger partial charge in [-0.2, -0.15) is 8.42 Å². The predicted octanol–water partition coefficient (Wildman–Crippen LogP) is 1.72. The Morgan fingerprint density at radius 1 is 1.42 bits per heavy atom. The summed E-state index contributed by atoms with van der Waals surface area (Å²) in [5, 5.41) is 0. The molecule has 0 radical (unpaired) electrons. The Hall–Kier alpha value is -0.260. The number of hydrogen-bond donors (Lipinski definition) is 0. The van der Waals surface area contributed by atoms with Gasteiger partial charge in [0.05, 0.1) is 5.75 Å². The second-order valence-electron chi connectivity index (χ2n) is 3.17. The smallest absolute Gasteiger partial charge is 0.207 e. The molecule has 0 saturated heterocycles. The molecule has 2 nitrogen and oxygen atoms in total. The number of hydrogen-bond acceptors (Lipinski definition) is 2. The van der Waals surface area contributed by atoms with Crippen molar-refractivity contribution in [1.29, 1.82) is 0 Å². The molecule has 0 aliphatic heterocycles. The van der Waals surface area contributed by atoms with Crippen LogP contribution < -0.4 is 0 Å². The molecule has 1 rings (SSSR count). The average Bonchev–Trinajstić information content (AvgIpc) is 2.05. The molecule has 1 unspecified atom stereocenters. The summed E-state index contributed by atoms with van der Waals surface area (Å²) in [4.78, 5) is 0. The van der Waals surface area contributed by atoms with Crippen LogP contribution in [0.15, 0.2) is 0 Å². The van der Waals surface area contributed by atoms with E-state index < -0.39 is 34.2 Å². The SMILES string of the molecule is O=S(=O)(F)CC1CCC(F)(F)C1. The second-order valence-corrected chi connectivity index (χ2v) is 4.58. The monoisotopic (exact) mass is 202 g/mol. The van der Waals surface area contributed by atoms with Crippen molar-refractivity contribution in [2.75, 3.05) is 5.75 Å². The van der Waals surface area contributed by atoms with Crippen LogP contribution in [0.5, 0.6) is 0 Å². The lowest BCUT2D eigenvalue weighted by molar-refractivity contribution is 0.00591. The molecule has 0 bridgehead atoms. The van der Waals surface area contributed by atoms with E-state index in [-0.39, 0.29) is 12.8 Å². The van der Waals surface area contributed by atoms with Crippen LogP contribution in [0.3, 0.4) is 0 Å². The van der Waals surface area contributed by atoms with E-state index in [9.17, 15) is 21.1 Å². The summed E-state index contributed by atoms with van der Waals surface area (Å²) in [6, 6.07) is 0. The largest absolute Gasteiger partial charge is 0.302 e. The number of alkyl halides is 2. The third-order valence-electron chi connectivity index (χ3n) is 1.94. The molecule has 0 heterocycles. The van der Waals surface area contributed by atoms with Crippen molar-refractivity contribution >= 4 is 10.2 Å². The van der Waals surface area contributed by atoms with Gasteiger partial charge in [-0.3, -0.25) is 0 Å². The molecule has 1 aliphatic carbocycles. The summed E-state index contributed by atoms with van der Waals surface area (Å²) in [6.07, 6.45) is -0.737. The van der Waals surface area contributed by atoms with E-state index in [4.69, 9.17) is 0 Å². The normalized spacial score (nSPS) is 29.1. The summed E-state index contributed by atoms with van der Waals surface area (Å²) in [5.74, 6) is -4.27. The molecule has 0 amide bonds. The van der Waals surface area contributed by atoms with E-state index in [1.54, 1.807) is 0 Å². The number of rotatable bonds is 2. The third-order valence-corrected chi connectivity index (χ3v) is 2.81. The molecule has 12 heavy (non-hydrogen) atoms. The van der Waals surface area contributed by atoms with Gasteiger partial charge in [-0.15, -0.1) is 3.89 Å². The zero-order valence-corrected chi connectivity index (χ0v) is 7.08. The molecule has 0 aromatic rings. The van der Waals surface area contributed by atoms with Crippen LogP contribution in [0.2, 0.25) is 0 Å². The van der Waals surface area contributed by atoms with Crippen molar-refractivity contribution in [3.05, 3.63) is 0 Å². The molecule has 1 saturated carbocycles. The average molecular weight is 202 g/mol. The summed E-state index contributed by atoms with van der Waals surface area (Å²) in [5.41, 5.74) is 0. The lowest BCUT2D eigenvalue weighted by Gasteiger charge is -2.07. The first kappa shape index (κ1) is 9.83. The van der Waals surface area contributed by atoms with Crippen molar-refractivity contribution in [2.45, 2.75) is 25.2 Å². The van der Waals surface area contributed by atoms with Gasteiger partial charge in [0.15, 0.2) is 0 Å². The maximum absolute atomic E-state index is 12.5. The van der Waals surface area contributed by atoms with Crippen molar-refractivity contribution in [1.82, 2.24) is 0 Å². The molecular formula is C6H9F3O2S. The summed E-state index contributed by atoms with van der Waals surface area (Å²) in [7, 11) is -4.59. The topological polar surface area (TPSA) is 34.1 Å². The van der Waals surface area contributed by atoms with Crippen LogP contribution in [0.4, 0.5) is 12.7 Å². The molecule has 0 aromatic heterocycles. The van der Waals surface area contributed by atoms with Gasteiger partial charge in [0, 0.05) is 12.8 Å². The van der Waals surface area contributed by atoms with E-state index in [1.165, 1.54) is 0 Å². The van der Waals surface area contributed by atoms with Crippen molar-refractivity contribution in [3.63, 3.8) is 0 Å². The predicted molar refractivity (Wildman–Crippen MR) is 37.2 cm³/mol. The highest BCUT2D eigenvalue weighted by Gasteiger charge is 2.40. The Morgan fingerprint density at radius 2 is 2.00 bits per heavy atom. The van der Waals surface area contributed by atoms with E-state index in [2.05, 4.69) is 0 Å². The fourth-order valence-electron chi connectivity index (χ4n) is 1.47. The van der Waals surface area contributed by atoms with E-state index in [1.807, 2.05) is 0 Å². The van der Waals surface area contributed by atoms with Crippen molar-refractivity contribution in [2.24, 2.45) is 5.92 Å². The first-order valence-electron chi connectivity index (χ1n) is 3.59. The van der Waals surface area contributed by atoms with Gasteiger partial charge in [-0.05, 0) is 12.3 Å². The lowest BCUT2D eigenvalue weighted by atomic mass is 10.1. The second kappa shape index (κ2) is 2.90. The van der Waals surface area contributed by atoms with Gasteiger partial charge < -0.3 is 0 Å². The van der Waals surface area contributed by atoms with E-state index in [0.717, 1.165) is 0 Å². The van der Waals surface area contributed by atoms with Crippen LogP contribution in [0, 0.1) is 5.92 Å². The zero-order valence-electron chi connectivity index (χ0n) is 6.26. The first-order valence-corrected chi connectivity index (χ1v) is 5.14. The minimum absolute atomic E-state index is 0.0934. The minimum Gasteiger partial charge on any atom is -0.207 e. The van der Waals surface area contributed by atoms with Crippen LogP contribution in [-0.4, -0.2) is 20.1 Å². The Labute approximate surface area is 69.0 Å². The van der Waals surface area contributed by atoms with Crippen molar-refractivity contribution in [3.8, 4) is 0 Å². The van der Waals surface area contributed by atoms with Gasteiger partial charge >= 0.3 is 10.2 Å². The minimum atomic E-state index is -4.59. The quantitative estimate of drug-likeness (QED) is 0.639. The summed E-state index contributed by atoms with van der Waals surface area (Å²) >= 11 is 0. The molecule has 6 heteroatoms. The van der Waals surface area contributed by atoms with Gasteiger partial charge in [0.25, 0.3) is 0 Å². The molecule has 1 aliphatic rings. The molecule has 0 N–H and O–H groups in total. The lowest BCUT2D eigenvalue weighted by Crippen LogP contribution is -2.14. The van der Waals surface area contributed by atoms with Gasteiger partial charge in [0.2, 0.25) is 5.92 Å². The zero-order chi connectivity index (χ0) is 9.41. The summed E-state index contributed by atoms with van der Waals surface area (Å²) in [6.45, 7) is 0. The van der Waals surface area contributed by atoms with Crippen LogP contribution in [0.1, 0.15) is 19.3 Å². The molecule has 1 fully saturated rings. The van der Waals surface area contributed by atoms with Gasteiger partial charge in [-0.1, -0.05) is 0 Å². The highest BCUT2D eigenvalue weighted by Crippen LogP contribution is 2.39. The van der Waals surface area contributed by atoms with Crippen LogP contribution >= 0.6 is 0 Å². The highest BCUT2D eigenvalue weighted by atomic mass is 32.3. The fourth-order valence-corrected chi connectivity index (χ4v) is 2.31. The maximum Gasteiger partial charge on any atom is 0.302 e. The van der Waals surface area contributed by atoms with E-state index in [0.29, 0.717) is 0 Å². The molecule has 72 valence electrons. The molecule has 1 atom stereocenters. The van der Waals surface area contributed by atoms with Gasteiger partial charge in [0.1, 0.15) is 0 Å². The maximum atomic E-state index is 12.5. The highest BCUT2D eigenvalue weighted by molar-refractivity contribution is 7.86.